The van der Waals surface area contributed by atoms with Crippen LogP contribution in [0.25, 0.3) is 0 Å². The van der Waals surface area contributed by atoms with E-state index >= 15 is 0 Å². The molecule has 110 valence electrons. The highest BCUT2D eigenvalue weighted by molar-refractivity contribution is 5.79. The van der Waals surface area contributed by atoms with Crippen molar-refractivity contribution in [1.82, 2.24) is 10.6 Å². The van der Waals surface area contributed by atoms with Gasteiger partial charge in [-0.05, 0) is 31.0 Å². The fraction of sp³-hybridized carbons (Fsp3) is 0.385. The van der Waals surface area contributed by atoms with Gasteiger partial charge in [-0.2, -0.15) is 0 Å². The molecule has 0 bridgehead atoms. The van der Waals surface area contributed by atoms with Gasteiger partial charge in [0, 0.05) is 6.54 Å². The summed E-state index contributed by atoms with van der Waals surface area (Å²) in [4.78, 5) is 22.0. The molecule has 1 rings (SSSR count). The number of benzene rings is 1. The number of carbonyl (C=O) groups excluding carboxylic acids is 1. The lowest BCUT2D eigenvalue weighted by Gasteiger charge is -2.18. The molecule has 0 saturated heterocycles. The van der Waals surface area contributed by atoms with Crippen molar-refractivity contribution >= 4 is 12.0 Å². The molecule has 1 aromatic rings. The number of aliphatic carboxylic acids is 1. The number of hydrogen-bond donors (Lipinski definition) is 4. The number of halogens is 1. The molecule has 0 fully saturated rings. The molecule has 1 unspecified atom stereocenters. The van der Waals surface area contributed by atoms with Gasteiger partial charge in [0.05, 0.1) is 6.54 Å². The van der Waals surface area contributed by atoms with Crippen molar-refractivity contribution in [3.05, 3.63) is 35.6 Å². The Kier molecular flexibility index (Phi) is 5.45. The lowest BCUT2D eigenvalue weighted by molar-refractivity contribution is -0.155. The molecule has 0 aliphatic rings. The van der Waals surface area contributed by atoms with Crippen LogP contribution in [0, 0.1) is 5.82 Å². The highest BCUT2D eigenvalue weighted by Crippen LogP contribution is 2.03. The quantitative estimate of drug-likeness (QED) is 0.611. The number of nitrogens with one attached hydrogen (secondary N) is 2. The van der Waals surface area contributed by atoms with Gasteiger partial charge in [-0.15, -0.1) is 0 Å². The van der Waals surface area contributed by atoms with Crippen molar-refractivity contribution in [3.8, 4) is 0 Å². The highest BCUT2D eigenvalue weighted by Gasteiger charge is 2.30. The Hall–Kier alpha value is -2.15. The van der Waals surface area contributed by atoms with E-state index in [-0.39, 0.29) is 5.82 Å². The molecule has 0 radical (unpaired) electrons. The van der Waals surface area contributed by atoms with Crippen molar-refractivity contribution in [2.75, 3.05) is 13.1 Å². The van der Waals surface area contributed by atoms with Gasteiger partial charge in [0.1, 0.15) is 5.82 Å². The van der Waals surface area contributed by atoms with Gasteiger partial charge >= 0.3 is 12.0 Å². The van der Waals surface area contributed by atoms with E-state index in [0.717, 1.165) is 12.5 Å². The van der Waals surface area contributed by atoms with Crippen LogP contribution in [-0.4, -0.2) is 40.9 Å². The van der Waals surface area contributed by atoms with Crippen molar-refractivity contribution < 1.29 is 24.2 Å². The van der Waals surface area contributed by atoms with Crippen LogP contribution in [0.1, 0.15) is 12.5 Å². The van der Waals surface area contributed by atoms with E-state index in [1.165, 1.54) is 12.1 Å². The van der Waals surface area contributed by atoms with E-state index in [1.54, 1.807) is 12.1 Å². The smallest absolute Gasteiger partial charge is 0.337 e. The summed E-state index contributed by atoms with van der Waals surface area (Å²) in [6.45, 7) is 1.01. The second kappa shape index (κ2) is 6.85. The number of urea groups is 1. The average Bonchev–Trinajstić information content (AvgIpc) is 2.39. The van der Waals surface area contributed by atoms with Gasteiger partial charge in [-0.1, -0.05) is 12.1 Å². The van der Waals surface area contributed by atoms with Crippen molar-refractivity contribution in [1.29, 1.82) is 0 Å². The molecule has 0 aliphatic carbocycles. The second-order valence-corrected chi connectivity index (χ2v) is 4.56. The summed E-state index contributed by atoms with van der Waals surface area (Å²) in [6, 6.07) is 5.32. The van der Waals surface area contributed by atoms with Crippen molar-refractivity contribution in [3.63, 3.8) is 0 Å². The third-order valence-corrected chi connectivity index (χ3v) is 2.67. The van der Waals surface area contributed by atoms with Crippen LogP contribution in [0.15, 0.2) is 24.3 Å². The maximum atomic E-state index is 12.7. The standard InChI is InChI=1S/C13H17FN2O4/c1-13(20,11(17)18)8-16-12(19)15-7-6-9-2-4-10(14)5-3-9/h2-5,20H,6-8H2,1H3,(H,17,18)(H2,15,16,19). The third kappa shape index (κ3) is 5.23. The molecule has 6 nitrogen and oxygen atoms in total. The minimum Gasteiger partial charge on any atom is -0.479 e. The molecule has 0 aliphatic heterocycles. The molecule has 20 heavy (non-hydrogen) atoms. The number of rotatable bonds is 6. The highest BCUT2D eigenvalue weighted by atomic mass is 19.1. The van der Waals surface area contributed by atoms with Crippen molar-refractivity contribution in [2.45, 2.75) is 18.9 Å². The van der Waals surface area contributed by atoms with Crippen LogP contribution in [0.4, 0.5) is 9.18 Å². The van der Waals surface area contributed by atoms with Crippen LogP contribution in [0.2, 0.25) is 0 Å². The maximum absolute atomic E-state index is 12.7. The summed E-state index contributed by atoms with van der Waals surface area (Å²) in [5.41, 5.74) is -1.14. The molecule has 4 N–H and O–H groups in total. The molecule has 2 amide bonds. The Morgan fingerprint density at radius 1 is 1.25 bits per heavy atom. The fourth-order valence-electron chi connectivity index (χ4n) is 1.36. The molecule has 1 atom stereocenters. The summed E-state index contributed by atoms with van der Waals surface area (Å²) in [5, 5.41) is 22.8. The first-order chi connectivity index (χ1) is 9.31. The monoisotopic (exact) mass is 284 g/mol. The summed E-state index contributed by atoms with van der Waals surface area (Å²) in [5.74, 6) is -1.74. The zero-order valence-electron chi connectivity index (χ0n) is 11.0. The minimum atomic E-state index is -2.01. The molecular formula is C13H17FN2O4. The largest absolute Gasteiger partial charge is 0.479 e. The topological polar surface area (TPSA) is 98.7 Å². The Balaban J connectivity index is 2.27. The Morgan fingerprint density at radius 2 is 1.85 bits per heavy atom. The molecule has 0 saturated carbocycles. The van der Waals surface area contributed by atoms with Crippen LogP contribution >= 0.6 is 0 Å². The molecule has 0 spiro atoms. The van der Waals surface area contributed by atoms with Gasteiger partial charge in [0.15, 0.2) is 5.60 Å². The van der Waals surface area contributed by atoms with Gasteiger partial charge in [-0.3, -0.25) is 0 Å². The predicted molar refractivity (Wildman–Crippen MR) is 69.8 cm³/mol. The number of amides is 2. The third-order valence-electron chi connectivity index (χ3n) is 2.67. The molecule has 0 heterocycles. The fourth-order valence-corrected chi connectivity index (χ4v) is 1.36. The Bertz CT molecular complexity index is 474. The SMILES string of the molecule is CC(O)(CNC(=O)NCCc1ccc(F)cc1)C(=O)O. The first-order valence-electron chi connectivity index (χ1n) is 6.03. The minimum absolute atomic E-state index is 0.312. The van der Waals surface area contributed by atoms with Crippen molar-refractivity contribution in [2.24, 2.45) is 0 Å². The van der Waals surface area contributed by atoms with E-state index in [0.29, 0.717) is 13.0 Å². The predicted octanol–water partition coefficient (Wildman–Crippen LogP) is 0.503. The first-order valence-corrected chi connectivity index (χ1v) is 6.03. The number of carboxylic acids is 1. The molecule has 0 aromatic heterocycles. The van der Waals surface area contributed by atoms with Crippen LogP contribution in [-0.2, 0) is 11.2 Å². The lowest BCUT2D eigenvalue weighted by Crippen LogP contribution is -2.49. The average molecular weight is 284 g/mol. The van der Waals surface area contributed by atoms with Gasteiger partial charge < -0.3 is 20.8 Å². The lowest BCUT2D eigenvalue weighted by atomic mass is 10.1. The van der Waals surface area contributed by atoms with Crippen LogP contribution < -0.4 is 10.6 Å². The normalized spacial score (nSPS) is 13.3. The van der Waals surface area contributed by atoms with Gasteiger partial charge in [-0.25, -0.2) is 14.0 Å². The Labute approximate surface area is 115 Å². The summed E-state index contributed by atoms with van der Waals surface area (Å²) in [6.07, 6.45) is 0.517. The molecule has 1 aromatic carbocycles. The Morgan fingerprint density at radius 3 is 2.40 bits per heavy atom. The zero-order chi connectivity index (χ0) is 15.2. The van der Waals surface area contributed by atoms with Crippen LogP contribution in [0.5, 0.6) is 0 Å². The van der Waals surface area contributed by atoms with Gasteiger partial charge in [0.25, 0.3) is 0 Å². The summed E-state index contributed by atoms with van der Waals surface area (Å²) >= 11 is 0. The van der Waals surface area contributed by atoms with E-state index < -0.39 is 24.1 Å². The van der Waals surface area contributed by atoms with E-state index in [9.17, 15) is 19.1 Å². The van der Waals surface area contributed by atoms with Gasteiger partial charge in [0.2, 0.25) is 0 Å². The zero-order valence-corrected chi connectivity index (χ0v) is 11.0. The summed E-state index contributed by atoms with van der Waals surface area (Å²) < 4.78 is 12.7. The number of carboxylic acid groups (broad SMARTS) is 1. The second-order valence-electron chi connectivity index (χ2n) is 4.56. The van der Waals surface area contributed by atoms with E-state index in [2.05, 4.69) is 10.6 Å². The van der Waals surface area contributed by atoms with Crippen LogP contribution in [0.3, 0.4) is 0 Å². The molecule has 7 heteroatoms. The first kappa shape index (κ1) is 15.9. The molecular weight excluding hydrogens is 267 g/mol. The number of carbonyl (C=O) groups is 2. The number of aliphatic hydroxyl groups is 1. The van der Waals surface area contributed by atoms with E-state index in [4.69, 9.17) is 5.11 Å². The number of hydrogen-bond acceptors (Lipinski definition) is 3. The van der Waals surface area contributed by atoms with E-state index in [1.807, 2.05) is 0 Å². The maximum Gasteiger partial charge on any atom is 0.337 e. The summed E-state index contributed by atoms with van der Waals surface area (Å²) in [7, 11) is 0.